The van der Waals surface area contributed by atoms with E-state index in [2.05, 4.69) is 36.3 Å². The molecule has 1 aliphatic heterocycles. The van der Waals surface area contributed by atoms with Crippen molar-refractivity contribution in [3.05, 3.63) is 36.0 Å². The molecular weight excluding hydrogens is 274 g/mol. The van der Waals surface area contributed by atoms with Crippen LogP contribution in [0.2, 0.25) is 0 Å². The van der Waals surface area contributed by atoms with Crippen LogP contribution >= 0.6 is 0 Å². The van der Waals surface area contributed by atoms with E-state index in [-0.39, 0.29) is 30.0 Å². The smallest absolute Gasteiger partial charge is 0.285 e. The van der Waals surface area contributed by atoms with Gasteiger partial charge in [0.15, 0.2) is 11.7 Å². The van der Waals surface area contributed by atoms with Crippen LogP contribution in [-0.2, 0) is 11.2 Å². The predicted molar refractivity (Wildman–Crippen MR) is 74.6 cm³/mol. The average Bonchev–Trinajstić information content (AvgIpc) is 2.87. The number of quaternary nitrogens is 1. The van der Waals surface area contributed by atoms with Gasteiger partial charge in [0.05, 0.1) is 0 Å². The highest BCUT2D eigenvalue weighted by atomic mass is 35.5. The number of carbonyl (C=O) groups excluding carboxylic acids is 1. The maximum atomic E-state index is 12.3. The van der Waals surface area contributed by atoms with Gasteiger partial charge in [-0.2, -0.15) is 0 Å². The summed E-state index contributed by atoms with van der Waals surface area (Å²) in [5, 5.41) is 3.38. The molecule has 0 aliphatic carbocycles. The zero-order valence-electron chi connectivity index (χ0n) is 12.0. The van der Waals surface area contributed by atoms with Crippen LogP contribution in [0.3, 0.4) is 0 Å². The third kappa shape index (κ3) is 2.30. The Morgan fingerprint density at radius 3 is 2.70 bits per heavy atom. The Labute approximate surface area is 124 Å². The number of halogens is 1. The van der Waals surface area contributed by atoms with Gasteiger partial charge in [-0.25, -0.2) is 0 Å². The van der Waals surface area contributed by atoms with Crippen molar-refractivity contribution >= 4 is 16.8 Å². The number of nitrogens with two attached hydrogens (primary N) is 1. The van der Waals surface area contributed by atoms with Gasteiger partial charge in [0, 0.05) is 44.4 Å². The van der Waals surface area contributed by atoms with Gasteiger partial charge in [0.1, 0.15) is 0 Å². The fourth-order valence-corrected chi connectivity index (χ4v) is 2.89. The van der Waals surface area contributed by atoms with Crippen molar-refractivity contribution in [2.75, 3.05) is 7.05 Å². The lowest BCUT2D eigenvalue weighted by Gasteiger charge is -2.22. The van der Waals surface area contributed by atoms with E-state index in [1.165, 1.54) is 10.9 Å². The minimum atomic E-state index is -0.145. The molecule has 108 valence electrons. The quantitative estimate of drug-likeness (QED) is 0.652. The largest absolute Gasteiger partial charge is 1.00 e. The summed E-state index contributed by atoms with van der Waals surface area (Å²) in [5.41, 5.74) is 2.21. The Bertz CT molecular complexity index is 635. The van der Waals surface area contributed by atoms with E-state index in [1.54, 1.807) is 0 Å². The molecule has 5 heteroatoms. The van der Waals surface area contributed by atoms with Crippen molar-refractivity contribution < 1.29 is 22.5 Å². The SMILES string of the molecule is CN1C(=O)[C@H](Cc2c[nH]c3ccccc23)[NH2+]C1(C)C.[Cl-]. The molecule has 3 N–H and O–H groups in total. The molecule has 0 unspecified atom stereocenters. The Hall–Kier alpha value is -1.52. The molecule has 1 aliphatic rings. The summed E-state index contributed by atoms with van der Waals surface area (Å²) in [6.45, 7) is 4.17. The second-order valence-corrected chi connectivity index (χ2v) is 5.89. The lowest BCUT2D eigenvalue weighted by atomic mass is 10.1. The number of amides is 1. The first-order valence-electron chi connectivity index (χ1n) is 6.68. The summed E-state index contributed by atoms with van der Waals surface area (Å²) in [4.78, 5) is 17.4. The topological polar surface area (TPSA) is 52.7 Å². The Kier molecular flexibility index (Phi) is 3.80. The van der Waals surface area contributed by atoms with Crippen LogP contribution in [0.25, 0.3) is 10.9 Å². The molecule has 3 rings (SSSR count). The standard InChI is InChI=1S/C15H19N3O.ClH/c1-15(2)17-13(14(19)18(15)3)8-10-9-16-12-7-5-4-6-11(10)12;/h4-7,9,13,16-17H,8H2,1-3H3;1H/t13-;/m0./s1. The van der Waals surface area contributed by atoms with Crippen molar-refractivity contribution in [2.24, 2.45) is 0 Å². The fourth-order valence-electron chi connectivity index (χ4n) is 2.89. The molecule has 1 amide bonds. The van der Waals surface area contributed by atoms with Crippen molar-refractivity contribution in [1.29, 1.82) is 0 Å². The molecule has 20 heavy (non-hydrogen) atoms. The summed E-state index contributed by atoms with van der Waals surface area (Å²) < 4.78 is 0. The maximum absolute atomic E-state index is 12.3. The fraction of sp³-hybridized carbons (Fsp3) is 0.400. The molecule has 2 heterocycles. The van der Waals surface area contributed by atoms with Crippen molar-refractivity contribution in [2.45, 2.75) is 32.0 Å². The van der Waals surface area contributed by atoms with E-state index >= 15 is 0 Å². The number of rotatable bonds is 2. The van der Waals surface area contributed by atoms with E-state index in [1.807, 2.05) is 30.3 Å². The average molecular weight is 294 g/mol. The number of hydrogen-bond donors (Lipinski definition) is 2. The van der Waals surface area contributed by atoms with Gasteiger partial charge in [-0.15, -0.1) is 0 Å². The van der Waals surface area contributed by atoms with Gasteiger partial charge < -0.3 is 22.7 Å². The second kappa shape index (κ2) is 5.11. The normalized spacial score (nSPS) is 21.2. The predicted octanol–water partition coefficient (Wildman–Crippen LogP) is -2.15. The van der Waals surface area contributed by atoms with Crippen LogP contribution in [0.4, 0.5) is 0 Å². The van der Waals surface area contributed by atoms with Crippen LogP contribution in [0.15, 0.2) is 30.5 Å². The van der Waals surface area contributed by atoms with Crippen LogP contribution < -0.4 is 17.7 Å². The first-order chi connectivity index (χ1) is 8.99. The molecule has 1 saturated heterocycles. The van der Waals surface area contributed by atoms with Crippen molar-refractivity contribution in [3.63, 3.8) is 0 Å². The van der Waals surface area contributed by atoms with Crippen molar-refractivity contribution in [3.8, 4) is 0 Å². The summed E-state index contributed by atoms with van der Waals surface area (Å²) in [6.07, 6.45) is 2.80. The van der Waals surface area contributed by atoms with Gasteiger partial charge in [0.2, 0.25) is 0 Å². The minimum Gasteiger partial charge on any atom is -1.00 e. The van der Waals surface area contributed by atoms with Gasteiger partial charge in [0.25, 0.3) is 5.91 Å². The summed E-state index contributed by atoms with van der Waals surface area (Å²) in [5.74, 6) is 0.218. The Morgan fingerprint density at radius 2 is 2.05 bits per heavy atom. The minimum absolute atomic E-state index is 0. The first-order valence-corrected chi connectivity index (χ1v) is 6.68. The summed E-state index contributed by atoms with van der Waals surface area (Å²) >= 11 is 0. The summed E-state index contributed by atoms with van der Waals surface area (Å²) in [6, 6.07) is 8.21. The lowest BCUT2D eigenvalue weighted by molar-refractivity contribution is -0.737. The number of H-pyrrole nitrogens is 1. The zero-order chi connectivity index (χ0) is 13.6. The molecule has 4 nitrogen and oxygen atoms in total. The molecular formula is C15H20ClN3O. The van der Waals surface area contributed by atoms with Crippen LogP contribution in [-0.4, -0.2) is 34.5 Å². The highest BCUT2D eigenvalue weighted by molar-refractivity contribution is 5.86. The Morgan fingerprint density at radius 1 is 1.35 bits per heavy atom. The molecule has 0 radical (unpaired) electrons. The number of fused-ring (bicyclic) bond motifs is 1. The molecule has 1 fully saturated rings. The number of aromatic amines is 1. The molecule has 1 atom stereocenters. The van der Waals surface area contributed by atoms with E-state index < -0.39 is 0 Å². The van der Waals surface area contributed by atoms with E-state index in [0.717, 1.165) is 11.9 Å². The number of nitrogens with one attached hydrogen (secondary N) is 1. The highest BCUT2D eigenvalue weighted by Gasteiger charge is 2.46. The zero-order valence-corrected chi connectivity index (χ0v) is 12.7. The molecule has 2 aromatic rings. The number of carbonyl (C=O) groups is 1. The monoisotopic (exact) mass is 293 g/mol. The second-order valence-electron chi connectivity index (χ2n) is 5.89. The van der Waals surface area contributed by atoms with Gasteiger partial charge in [-0.05, 0) is 11.6 Å². The molecule has 0 bridgehead atoms. The number of benzene rings is 1. The number of likely N-dealkylation sites (N-methyl/N-ethyl adjacent to an activating group) is 1. The number of nitrogens with zero attached hydrogens (tertiary/aromatic N) is 1. The molecule has 1 aromatic carbocycles. The molecule has 1 aromatic heterocycles. The number of hydrogen-bond acceptors (Lipinski definition) is 1. The van der Waals surface area contributed by atoms with Crippen molar-refractivity contribution in [1.82, 2.24) is 9.88 Å². The molecule has 0 spiro atoms. The van der Waals surface area contributed by atoms with Crippen LogP contribution in [0.5, 0.6) is 0 Å². The van der Waals surface area contributed by atoms with Crippen LogP contribution in [0, 0.1) is 0 Å². The number of aromatic nitrogens is 1. The van der Waals surface area contributed by atoms with E-state index in [9.17, 15) is 4.79 Å². The van der Waals surface area contributed by atoms with E-state index in [4.69, 9.17) is 0 Å². The molecule has 0 saturated carbocycles. The van der Waals surface area contributed by atoms with E-state index in [0.29, 0.717) is 0 Å². The third-order valence-corrected chi connectivity index (χ3v) is 4.24. The number of para-hydroxylation sites is 1. The first kappa shape index (κ1) is 14.9. The summed E-state index contributed by atoms with van der Waals surface area (Å²) in [7, 11) is 1.88. The Balaban J connectivity index is 0.00000147. The van der Waals surface area contributed by atoms with Gasteiger partial charge >= 0.3 is 0 Å². The van der Waals surface area contributed by atoms with Gasteiger partial charge in [-0.1, -0.05) is 18.2 Å². The maximum Gasteiger partial charge on any atom is 0.285 e. The lowest BCUT2D eigenvalue weighted by Crippen LogP contribution is -3.00. The third-order valence-electron chi connectivity index (χ3n) is 4.24. The highest BCUT2D eigenvalue weighted by Crippen LogP contribution is 2.21. The van der Waals surface area contributed by atoms with Crippen LogP contribution in [0.1, 0.15) is 19.4 Å². The van der Waals surface area contributed by atoms with Gasteiger partial charge in [-0.3, -0.25) is 9.69 Å².